The molecule has 0 aliphatic heterocycles. The summed E-state index contributed by atoms with van der Waals surface area (Å²) in [6.45, 7) is 4.50. The van der Waals surface area contributed by atoms with Crippen molar-refractivity contribution in [2.75, 3.05) is 0 Å². The summed E-state index contributed by atoms with van der Waals surface area (Å²) in [6, 6.07) is 57.8. The molecule has 1 heteroatoms. The highest BCUT2D eigenvalue weighted by atomic mass is 14.7. The van der Waals surface area contributed by atoms with E-state index >= 15 is 0 Å². The Morgan fingerprint density at radius 2 is 0.957 bits per heavy atom. The minimum atomic E-state index is 0.993. The minimum absolute atomic E-state index is 0.993. The Hall–Kier alpha value is -5.66. The third kappa shape index (κ3) is 5.34. The van der Waals surface area contributed by atoms with Crippen LogP contribution in [0.1, 0.15) is 25.0 Å². The molecule has 0 saturated carbocycles. The fraction of sp³-hybridized carbons (Fsp3) is 0.0870. The first kappa shape index (κ1) is 28.8. The van der Waals surface area contributed by atoms with Crippen molar-refractivity contribution in [3.05, 3.63) is 169 Å². The van der Waals surface area contributed by atoms with Crippen LogP contribution < -0.4 is 0 Å². The van der Waals surface area contributed by atoms with Crippen molar-refractivity contribution < 1.29 is 0 Å². The zero-order valence-corrected chi connectivity index (χ0v) is 26.9. The first-order chi connectivity index (χ1) is 23.2. The van der Waals surface area contributed by atoms with Gasteiger partial charge in [0, 0.05) is 21.9 Å². The summed E-state index contributed by atoms with van der Waals surface area (Å²) in [6.07, 6.45) is 2.03. The van der Waals surface area contributed by atoms with E-state index in [1.54, 1.807) is 0 Å². The molecule has 0 aliphatic carbocycles. The van der Waals surface area contributed by atoms with Crippen molar-refractivity contribution in [3.63, 3.8) is 0 Å². The van der Waals surface area contributed by atoms with Crippen molar-refractivity contribution in [1.82, 2.24) is 4.98 Å². The van der Waals surface area contributed by atoms with Gasteiger partial charge in [-0.2, -0.15) is 0 Å². The monoisotopic (exact) mass is 603 g/mol. The predicted octanol–water partition coefficient (Wildman–Crippen LogP) is 12.8. The Kier molecular flexibility index (Phi) is 7.51. The molecule has 0 bridgehead atoms. The summed E-state index contributed by atoms with van der Waals surface area (Å²) in [4.78, 5) is 3.75. The van der Waals surface area contributed by atoms with Gasteiger partial charge in [-0.25, -0.2) is 0 Å². The third-order valence-corrected chi connectivity index (χ3v) is 9.60. The minimum Gasteiger partial charge on any atom is -0.354 e. The van der Waals surface area contributed by atoms with Crippen LogP contribution in [-0.4, -0.2) is 4.98 Å². The fourth-order valence-corrected chi connectivity index (χ4v) is 7.14. The standard InChI is InChI=1S/C46H37N/c1-3-31-14-8-9-21-40(31)41-25-24-37(26-32(41)4-2)35-18-12-17-34(27-35)36-19-13-20-38(28-36)43-29-39(33-15-6-5-7-16-33)30-44-42-22-10-11-23-45(42)47-46(43)44/h5-30,47H,3-4H2,1-2H3. The van der Waals surface area contributed by atoms with Crippen molar-refractivity contribution in [2.24, 2.45) is 0 Å². The van der Waals surface area contributed by atoms with E-state index in [-0.39, 0.29) is 0 Å². The lowest BCUT2D eigenvalue weighted by Crippen LogP contribution is -1.93. The molecule has 0 spiro atoms. The van der Waals surface area contributed by atoms with E-state index in [4.69, 9.17) is 0 Å². The summed E-state index contributed by atoms with van der Waals surface area (Å²) >= 11 is 0. The van der Waals surface area contributed by atoms with Crippen LogP contribution in [0.3, 0.4) is 0 Å². The second-order valence-electron chi connectivity index (χ2n) is 12.4. The van der Waals surface area contributed by atoms with E-state index in [2.05, 4.69) is 177 Å². The van der Waals surface area contributed by atoms with Crippen LogP contribution >= 0.6 is 0 Å². The molecule has 7 aromatic carbocycles. The molecular weight excluding hydrogens is 567 g/mol. The van der Waals surface area contributed by atoms with E-state index in [0.717, 1.165) is 18.4 Å². The van der Waals surface area contributed by atoms with Gasteiger partial charge in [0.1, 0.15) is 0 Å². The average molecular weight is 604 g/mol. The Labute approximate surface area is 277 Å². The van der Waals surface area contributed by atoms with E-state index < -0.39 is 0 Å². The van der Waals surface area contributed by atoms with Crippen LogP contribution in [0.5, 0.6) is 0 Å². The number of fused-ring (bicyclic) bond motifs is 3. The quantitative estimate of drug-likeness (QED) is 0.186. The van der Waals surface area contributed by atoms with Crippen molar-refractivity contribution in [3.8, 4) is 55.6 Å². The van der Waals surface area contributed by atoms with Crippen LogP contribution in [0.25, 0.3) is 77.4 Å². The molecule has 0 fully saturated rings. The first-order valence-electron chi connectivity index (χ1n) is 16.7. The number of aromatic amines is 1. The molecule has 0 atom stereocenters. The highest BCUT2D eigenvalue weighted by Gasteiger charge is 2.15. The summed E-state index contributed by atoms with van der Waals surface area (Å²) in [5.41, 5.74) is 17.6. The van der Waals surface area contributed by atoms with Crippen LogP contribution in [0.2, 0.25) is 0 Å². The smallest absolute Gasteiger partial charge is 0.0544 e. The number of aryl methyl sites for hydroxylation is 2. The van der Waals surface area contributed by atoms with Crippen LogP contribution in [0.4, 0.5) is 0 Å². The maximum atomic E-state index is 3.75. The second-order valence-corrected chi connectivity index (χ2v) is 12.4. The van der Waals surface area contributed by atoms with Gasteiger partial charge in [-0.15, -0.1) is 0 Å². The van der Waals surface area contributed by atoms with E-state index in [1.807, 2.05) is 0 Å². The van der Waals surface area contributed by atoms with Gasteiger partial charge in [0.2, 0.25) is 0 Å². The molecule has 1 nitrogen and oxygen atoms in total. The van der Waals surface area contributed by atoms with Gasteiger partial charge in [0.25, 0.3) is 0 Å². The van der Waals surface area contributed by atoms with Gasteiger partial charge in [0.15, 0.2) is 0 Å². The summed E-state index contributed by atoms with van der Waals surface area (Å²) in [5.74, 6) is 0. The Bertz CT molecular complexity index is 2370. The lowest BCUT2D eigenvalue weighted by Gasteiger charge is -2.15. The topological polar surface area (TPSA) is 15.8 Å². The molecule has 0 unspecified atom stereocenters. The van der Waals surface area contributed by atoms with Gasteiger partial charge in [0.05, 0.1) is 5.52 Å². The maximum absolute atomic E-state index is 3.75. The number of hydrogen-bond acceptors (Lipinski definition) is 0. The van der Waals surface area contributed by atoms with E-state index in [0.29, 0.717) is 0 Å². The largest absolute Gasteiger partial charge is 0.354 e. The zero-order chi connectivity index (χ0) is 31.7. The summed E-state index contributed by atoms with van der Waals surface area (Å²) < 4.78 is 0. The van der Waals surface area contributed by atoms with Gasteiger partial charge < -0.3 is 4.98 Å². The molecule has 1 heterocycles. The van der Waals surface area contributed by atoms with Crippen LogP contribution in [0.15, 0.2) is 158 Å². The van der Waals surface area contributed by atoms with Gasteiger partial charge >= 0.3 is 0 Å². The first-order valence-corrected chi connectivity index (χ1v) is 16.7. The third-order valence-electron chi connectivity index (χ3n) is 9.60. The number of H-pyrrole nitrogens is 1. The normalized spacial score (nSPS) is 11.4. The predicted molar refractivity (Wildman–Crippen MR) is 202 cm³/mol. The Morgan fingerprint density at radius 3 is 1.72 bits per heavy atom. The Balaban J connectivity index is 1.21. The molecule has 0 saturated heterocycles. The molecule has 8 aromatic rings. The molecule has 47 heavy (non-hydrogen) atoms. The molecule has 0 aliphatic rings. The van der Waals surface area contributed by atoms with Gasteiger partial charge in [-0.05, 0) is 104 Å². The molecular formula is C46H37N. The summed E-state index contributed by atoms with van der Waals surface area (Å²) in [5, 5.41) is 2.50. The molecule has 1 N–H and O–H groups in total. The number of rotatable bonds is 7. The van der Waals surface area contributed by atoms with Crippen molar-refractivity contribution in [1.29, 1.82) is 0 Å². The lowest BCUT2D eigenvalue weighted by atomic mass is 9.90. The fourth-order valence-electron chi connectivity index (χ4n) is 7.14. The number of benzene rings is 7. The van der Waals surface area contributed by atoms with Crippen molar-refractivity contribution >= 4 is 21.8 Å². The van der Waals surface area contributed by atoms with Crippen molar-refractivity contribution in [2.45, 2.75) is 26.7 Å². The highest BCUT2D eigenvalue weighted by Crippen LogP contribution is 2.39. The molecule has 1 aromatic heterocycles. The number of aromatic nitrogens is 1. The molecule has 8 rings (SSSR count). The maximum Gasteiger partial charge on any atom is 0.0544 e. The molecule has 0 amide bonds. The van der Waals surface area contributed by atoms with E-state index in [9.17, 15) is 0 Å². The molecule has 0 radical (unpaired) electrons. The Morgan fingerprint density at radius 1 is 0.362 bits per heavy atom. The molecule has 226 valence electrons. The highest BCUT2D eigenvalue weighted by molar-refractivity contribution is 6.13. The summed E-state index contributed by atoms with van der Waals surface area (Å²) in [7, 11) is 0. The number of para-hydroxylation sites is 1. The number of hydrogen-bond donors (Lipinski definition) is 1. The lowest BCUT2D eigenvalue weighted by molar-refractivity contribution is 1.12. The zero-order valence-electron chi connectivity index (χ0n) is 26.9. The van der Waals surface area contributed by atoms with Gasteiger partial charge in [-0.1, -0.05) is 141 Å². The van der Waals surface area contributed by atoms with E-state index in [1.165, 1.54) is 83.1 Å². The van der Waals surface area contributed by atoms with Gasteiger partial charge in [-0.3, -0.25) is 0 Å². The SMILES string of the molecule is CCc1ccccc1-c1ccc(-c2cccc(-c3cccc(-c4cc(-c5ccccc5)cc5c4[nH]c4ccccc45)c3)c2)cc1CC. The van der Waals surface area contributed by atoms with Crippen LogP contribution in [0, 0.1) is 0 Å². The second kappa shape index (κ2) is 12.3. The average Bonchev–Trinajstić information content (AvgIpc) is 3.53. The van der Waals surface area contributed by atoms with Crippen LogP contribution in [-0.2, 0) is 12.8 Å². The number of nitrogens with one attached hydrogen (secondary N) is 1.